The van der Waals surface area contributed by atoms with E-state index in [9.17, 15) is 18.0 Å². The number of amidine groups is 1. The molecule has 1 heterocycles. The summed E-state index contributed by atoms with van der Waals surface area (Å²) in [4.78, 5) is 18.9. The van der Waals surface area contributed by atoms with E-state index in [1.807, 2.05) is 13.0 Å². The van der Waals surface area contributed by atoms with Gasteiger partial charge in [0.1, 0.15) is 11.6 Å². The molecule has 1 aliphatic rings. The molecule has 0 aromatic heterocycles. The molecule has 8 heteroatoms. The van der Waals surface area contributed by atoms with Crippen molar-refractivity contribution in [3.05, 3.63) is 64.7 Å². The first-order valence-electron chi connectivity index (χ1n) is 9.64. The summed E-state index contributed by atoms with van der Waals surface area (Å²) < 4.78 is 42.9. The van der Waals surface area contributed by atoms with E-state index < -0.39 is 12.8 Å². The predicted molar refractivity (Wildman–Crippen MR) is 109 cm³/mol. The summed E-state index contributed by atoms with van der Waals surface area (Å²) in [5, 5.41) is 0. The van der Waals surface area contributed by atoms with Crippen LogP contribution < -0.4 is 10.5 Å². The van der Waals surface area contributed by atoms with E-state index in [2.05, 4.69) is 4.99 Å². The Kier molecular flexibility index (Phi) is 6.34. The number of ether oxygens (including phenoxy) is 1. The SMILES string of the molecule is CN=C(N)c1cc(C(=O)N2CCCC2c2ccccc2OCC(F)(F)F)ccc1C. The number of hydrogen-bond donors (Lipinski definition) is 1. The van der Waals surface area contributed by atoms with Gasteiger partial charge in [-0.2, -0.15) is 13.2 Å². The minimum absolute atomic E-state index is 0.145. The standard InChI is InChI=1S/C22H24F3N3O2/c1-14-9-10-15(12-17(14)20(26)27-2)21(29)28-11-5-7-18(28)16-6-3-4-8-19(16)30-13-22(23,24)25/h3-4,6,8-10,12,18H,5,7,11,13H2,1-2H3,(H2,26,27). The van der Waals surface area contributed by atoms with Gasteiger partial charge in [0.05, 0.1) is 6.04 Å². The fourth-order valence-electron chi connectivity index (χ4n) is 3.70. The van der Waals surface area contributed by atoms with Crippen molar-refractivity contribution >= 4 is 11.7 Å². The van der Waals surface area contributed by atoms with E-state index in [1.165, 1.54) is 6.07 Å². The average molecular weight is 419 g/mol. The zero-order valence-electron chi connectivity index (χ0n) is 16.9. The molecule has 0 radical (unpaired) electrons. The molecule has 0 saturated carbocycles. The smallest absolute Gasteiger partial charge is 0.422 e. The third kappa shape index (κ3) is 4.75. The second kappa shape index (κ2) is 8.77. The molecule has 1 unspecified atom stereocenters. The molecule has 3 rings (SSSR count). The van der Waals surface area contributed by atoms with Crippen LogP contribution in [0.5, 0.6) is 5.75 Å². The van der Waals surface area contributed by atoms with Gasteiger partial charge in [0.15, 0.2) is 6.61 Å². The Morgan fingerprint density at radius 2 is 2.00 bits per heavy atom. The van der Waals surface area contributed by atoms with E-state index in [4.69, 9.17) is 10.5 Å². The summed E-state index contributed by atoms with van der Waals surface area (Å²) in [5.41, 5.74) is 8.57. The molecule has 1 amide bonds. The summed E-state index contributed by atoms with van der Waals surface area (Å²) in [6.45, 7) is 1.02. The zero-order valence-corrected chi connectivity index (χ0v) is 16.9. The Bertz CT molecular complexity index is 957. The molecule has 1 atom stereocenters. The van der Waals surface area contributed by atoms with Crippen LogP contribution in [0.25, 0.3) is 0 Å². The van der Waals surface area contributed by atoms with Gasteiger partial charge in [-0.15, -0.1) is 0 Å². The molecule has 30 heavy (non-hydrogen) atoms. The van der Waals surface area contributed by atoms with E-state index in [0.29, 0.717) is 35.5 Å². The average Bonchev–Trinajstić information content (AvgIpc) is 3.21. The number of aryl methyl sites for hydroxylation is 1. The maximum Gasteiger partial charge on any atom is 0.422 e. The maximum absolute atomic E-state index is 13.3. The number of benzene rings is 2. The van der Waals surface area contributed by atoms with Crippen LogP contribution in [0.4, 0.5) is 13.2 Å². The minimum atomic E-state index is -4.43. The third-order valence-corrected chi connectivity index (χ3v) is 5.18. The molecular weight excluding hydrogens is 395 g/mol. The van der Waals surface area contributed by atoms with Gasteiger partial charge >= 0.3 is 6.18 Å². The number of aliphatic imine (C=N–C) groups is 1. The number of nitrogens with two attached hydrogens (primary N) is 1. The van der Waals surface area contributed by atoms with Crippen LogP contribution in [0.1, 0.15) is 45.9 Å². The Morgan fingerprint density at radius 3 is 2.70 bits per heavy atom. The zero-order chi connectivity index (χ0) is 21.9. The number of halogens is 3. The molecule has 5 nitrogen and oxygen atoms in total. The van der Waals surface area contributed by atoms with Crippen molar-refractivity contribution in [1.82, 2.24) is 4.90 Å². The molecule has 1 fully saturated rings. The lowest BCUT2D eigenvalue weighted by Gasteiger charge is -2.27. The highest BCUT2D eigenvalue weighted by Gasteiger charge is 2.34. The van der Waals surface area contributed by atoms with Crippen molar-refractivity contribution in [1.29, 1.82) is 0 Å². The number of carbonyl (C=O) groups excluding carboxylic acids is 1. The van der Waals surface area contributed by atoms with E-state index in [1.54, 1.807) is 42.3 Å². The summed E-state index contributed by atoms with van der Waals surface area (Å²) in [6, 6.07) is 11.5. The lowest BCUT2D eigenvalue weighted by molar-refractivity contribution is -0.153. The number of likely N-dealkylation sites (tertiary alicyclic amines) is 1. The van der Waals surface area contributed by atoms with E-state index >= 15 is 0 Å². The minimum Gasteiger partial charge on any atom is -0.484 e. The van der Waals surface area contributed by atoms with Gasteiger partial charge in [0.2, 0.25) is 0 Å². The van der Waals surface area contributed by atoms with Crippen LogP contribution in [0.3, 0.4) is 0 Å². The monoisotopic (exact) mass is 419 g/mol. The molecule has 0 aliphatic carbocycles. The first kappa shape index (κ1) is 21.7. The van der Waals surface area contributed by atoms with E-state index in [-0.39, 0.29) is 17.7 Å². The van der Waals surface area contributed by atoms with Crippen molar-refractivity contribution in [2.24, 2.45) is 10.7 Å². The normalized spacial score (nSPS) is 17.3. The van der Waals surface area contributed by atoms with Crippen LogP contribution >= 0.6 is 0 Å². The molecule has 1 saturated heterocycles. The third-order valence-electron chi connectivity index (χ3n) is 5.18. The quantitative estimate of drug-likeness (QED) is 0.582. The molecule has 2 aromatic carbocycles. The number of para-hydroxylation sites is 1. The van der Waals surface area contributed by atoms with Crippen molar-refractivity contribution in [3.8, 4) is 5.75 Å². The fraction of sp³-hybridized carbons (Fsp3) is 0.364. The summed E-state index contributed by atoms with van der Waals surface area (Å²) in [6.07, 6.45) is -3.03. The first-order chi connectivity index (χ1) is 14.2. The molecule has 160 valence electrons. The van der Waals surface area contributed by atoms with Gasteiger partial charge in [0.25, 0.3) is 5.91 Å². The first-order valence-corrected chi connectivity index (χ1v) is 9.64. The lowest BCUT2D eigenvalue weighted by Crippen LogP contribution is -2.31. The maximum atomic E-state index is 13.3. The largest absolute Gasteiger partial charge is 0.484 e. The number of hydrogen-bond acceptors (Lipinski definition) is 3. The van der Waals surface area contributed by atoms with Gasteiger partial charge in [-0.05, 0) is 43.5 Å². The number of alkyl halides is 3. The van der Waals surface area contributed by atoms with Crippen molar-refractivity contribution in [2.75, 3.05) is 20.2 Å². The molecule has 2 aromatic rings. The molecule has 0 bridgehead atoms. The van der Waals surface area contributed by atoms with Crippen molar-refractivity contribution in [2.45, 2.75) is 32.0 Å². The highest BCUT2D eigenvalue weighted by Crippen LogP contribution is 2.38. The number of carbonyl (C=O) groups is 1. The highest BCUT2D eigenvalue weighted by atomic mass is 19.4. The second-order valence-corrected chi connectivity index (χ2v) is 7.24. The van der Waals surface area contributed by atoms with Crippen LogP contribution in [0, 0.1) is 6.92 Å². The summed E-state index contributed by atoms with van der Waals surface area (Å²) in [5.74, 6) is 0.283. The molecular formula is C22H24F3N3O2. The van der Waals surface area contributed by atoms with Crippen LogP contribution in [0.2, 0.25) is 0 Å². The van der Waals surface area contributed by atoms with Crippen molar-refractivity contribution in [3.63, 3.8) is 0 Å². The second-order valence-electron chi connectivity index (χ2n) is 7.24. The van der Waals surface area contributed by atoms with Crippen LogP contribution in [0.15, 0.2) is 47.5 Å². The van der Waals surface area contributed by atoms with Crippen molar-refractivity contribution < 1.29 is 22.7 Å². The topological polar surface area (TPSA) is 67.9 Å². The lowest BCUT2D eigenvalue weighted by atomic mass is 10.0. The van der Waals surface area contributed by atoms with Gasteiger partial charge in [-0.3, -0.25) is 9.79 Å². The molecule has 1 aliphatic heterocycles. The van der Waals surface area contributed by atoms with Gasteiger partial charge in [-0.25, -0.2) is 0 Å². The van der Waals surface area contributed by atoms with E-state index in [0.717, 1.165) is 12.0 Å². The highest BCUT2D eigenvalue weighted by molar-refractivity contribution is 6.02. The Balaban J connectivity index is 1.89. The van der Waals surface area contributed by atoms with Crippen LogP contribution in [-0.4, -0.2) is 43.0 Å². The fourth-order valence-corrected chi connectivity index (χ4v) is 3.70. The molecule has 0 spiro atoms. The van der Waals surface area contributed by atoms with Gasteiger partial charge < -0.3 is 15.4 Å². The predicted octanol–water partition coefficient (Wildman–Crippen LogP) is 4.25. The summed E-state index contributed by atoms with van der Waals surface area (Å²) >= 11 is 0. The number of nitrogens with zero attached hydrogens (tertiary/aromatic N) is 2. The Labute approximate surface area is 173 Å². The summed E-state index contributed by atoms with van der Waals surface area (Å²) in [7, 11) is 1.58. The Hall–Kier alpha value is -3.03. The number of rotatable bonds is 5. The number of amides is 1. The van der Waals surface area contributed by atoms with Crippen LogP contribution in [-0.2, 0) is 0 Å². The molecule has 2 N–H and O–H groups in total. The van der Waals surface area contributed by atoms with Gasteiger partial charge in [-0.1, -0.05) is 24.3 Å². The Morgan fingerprint density at radius 1 is 1.27 bits per heavy atom. The van der Waals surface area contributed by atoms with Gasteiger partial charge in [0, 0.05) is 30.3 Å².